The summed E-state index contributed by atoms with van der Waals surface area (Å²) in [7, 11) is 0. The molecule has 13 heavy (non-hydrogen) atoms. The number of hydrogen-bond donors (Lipinski definition) is 3. The molecule has 70 valence electrons. The van der Waals surface area contributed by atoms with Crippen molar-refractivity contribution in [2.45, 2.75) is 0 Å². The Labute approximate surface area is 72.1 Å². The summed E-state index contributed by atoms with van der Waals surface area (Å²) in [6.07, 6.45) is 0. The van der Waals surface area contributed by atoms with E-state index in [1.165, 1.54) is 0 Å². The van der Waals surface area contributed by atoms with E-state index in [4.69, 9.17) is 16.1 Å². The second-order valence-electron chi connectivity index (χ2n) is 2.19. The molecule has 1 rings (SSSR count). The van der Waals surface area contributed by atoms with Crippen molar-refractivity contribution in [2.75, 3.05) is 5.73 Å². The van der Waals surface area contributed by atoms with Gasteiger partial charge in [0.2, 0.25) is 5.75 Å². The van der Waals surface area contributed by atoms with Crippen LogP contribution >= 0.6 is 0 Å². The number of nitro benzene ring substituents is 1. The molecule has 1 aromatic carbocycles. The predicted molar refractivity (Wildman–Crippen MR) is 42.4 cm³/mol. The van der Waals surface area contributed by atoms with Crippen LogP contribution in [0, 0.1) is 10.1 Å². The Hall–Kier alpha value is -2.02. The minimum Gasteiger partial charge on any atom is -0.506 e. The molecule has 4 N–H and O–H groups in total. The van der Waals surface area contributed by atoms with Crippen molar-refractivity contribution >= 4 is 11.4 Å². The van der Waals surface area contributed by atoms with E-state index in [1.54, 1.807) is 0 Å². The Bertz CT molecular complexity index is 351. The van der Waals surface area contributed by atoms with Gasteiger partial charge in [-0.1, -0.05) is 0 Å². The second kappa shape index (κ2) is 3.15. The number of nitrogens with zero attached hydrogens (tertiary/aromatic N) is 1. The van der Waals surface area contributed by atoms with Crippen LogP contribution in [0.4, 0.5) is 11.4 Å². The van der Waals surface area contributed by atoms with E-state index in [0.29, 0.717) is 0 Å². The Morgan fingerprint density at radius 3 is 2.62 bits per heavy atom. The molecular weight excluding hydrogens is 180 g/mol. The summed E-state index contributed by atoms with van der Waals surface area (Å²) < 4.78 is 0. The Morgan fingerprint density at radius 1 is 1.54 bits per heavy atom. The number of benzene rings is 1. The second-order valence-corrected chi connectivity index (χ2v) is 2.19. The Morgan fingerprint density at radius 2 is 2.15 bits per heavy atom. The number of nitrogen functional groups attached to an aromatic ring is 1. The van der Waals surface area contributed by atoms with Crippen molar-refractivity contribution in [2.24, 2.45) is 0 Å². The smallest absolute Gasteiger partial charge is 0.341 e. The quantitative estimate of drug-likeness (QED) is 0.206. The number of rotatable bonds is 2. The number of nitrogens with two attached hydrogens (primary N) is 1. The number of phenols is 1. The van der Waals surface area contributed by atoms with Crippen molar-refractivity contribution in [3.05, 3.63) is 22.2 Å². The van der Waals surface area contributed by atoms with E-state index in [2.05, 4.69) is 4.89 Å². The van der Waals surface area contributed by atoms with Crippen LogP contribution in [0.15, 0.2) is 12.1 Å². The van der Waals surface area contributed by atoms with Crippen molar-refractivity contribution < 1.29 is 20.2 Å². The average molecular weight is 186 g/mol. The first-order chi connectivity index (χ1) is 6.07. The molecule has 0 heterocycles. The average Bonchev–Trinajstić information content (AvgIpc) is 2.08. The first-order valence-corrected chi connectivity index (χ1v) is 3.15. The van der Waals surface area contributed by atoms with Crippen LogP contribution in [0.2, 0.25) is 0 Å². The largest absolute Gasteiger partial charge is 0.506 e. The van der Waals surface area contributed by atoms with E-state index in [1.807, 2.05) is 0 Å². The van der Waals surface area contributed by atoms with Gasteiger partial charge < -0.3 is 15.7 Å². The minimum absolute atomic E-state index is 0.416. The molecule has 0 unspecified atom stereocenters. The van der Waals surface area contributed by atoms with E-state index >= 15 is 0 Å². The molecule has 0 atom stereocenters. The summed E-state index contributed by atoms with van der Waals surface area (Å²) in [6.45, 7) is 0. The lowest BCUT2D eigenvalue weighted by atomic mass is 10.2. The van der Waals surface area contributed by atoms with E-state index in [-0.39, 0.29) is 0 Å². The zero-order chi connectivity index (χ0) is 10.0. The van der Waals surface area contributed by atoms with Gasteiger partial charge in [0.15, 0.2) is 5.69 Å². The lowest BCUT2D eigenvalue weighted by Gasteiger charge is -2.02. The third-order valence-electron chi connectivity index (χ3n) is 1.44. The lowest BCUT2D eigenvalue weighted by molar-refractivity contribution is -0.387. The van der Waals surface area contributed by atoms with Crippen LogP contribution in [0.1, 0.15) is 0 Å². The van der Waals surface area contributed by atoms with Crippen molar-refractivity contribution in [1.82, 2.24) is 0 Å². The van der Waals surface area contributed by atoms with Crippen LogP contribution in [-0.2, 0) is 0 Å². The summed E-state index contributed by atoms with van der Waals surface area (Å²) >= 11 is 0. The topological polar surface area (TPSA) is 119 Å². The van der Waals surface area contributed by atoms with Gasteiger partial charge in [-0.05, 0) is 12.1 Å². The van der Waals surface area contributed by atoms with Gasteiger partial charge in [-0.3, -0.25) is 10.1 Å². The van der Waals surface area contributed by atoms with Crippen LogP contribution in [0.5, 0.6) is 11.5 Å². The van der Waals surface area contributed by atoms with Crippen LogP contribution < -0.4 is 10.6 Å². The van der Waals surface area contributed by atoms with Crippen molar-refractivity contribution in [3.8, 4) is 11.5 Å². The van der Waals surface area contributed by atoms with Gasteiger partial charge in [0.05, 0.1) is 4.92 Å². The highest BCUT2D eigenvalue weighted by Crippen LogP contribution is 2.38. The molecule has 0 amide bonds. The first-order valence-electron chi connectivity index (χ1n) is 3.15. The van der Waals surface area contributed by atoms with Gasteiger partial charge in [0, 0.05) is 0 Å². The highest BCUT2D eigenvalue weighted by molar-refractivity contribution is 5.72. The number of aromatic hydroxyl groups is 1. The van der Waals surface area contributed by atoms with E-state index < -0.39 is 27.8 Å². The van der Waals surface area contributed by atoms with Gasteiger partial charge in [-0.15, -0.1) is 0 Å². The van der Waals surface area contributed by atoms with Crippen LogP contribution in [0.3, 0.4) is 0 Å². The fourth-order valence-electron chi connectivity index (χ4n) is 0.839. The maximum atomic E-state index is 10.4. The molecule has 0 spiro atoms. The third kappa shape index (κ3) is 1.44. The number of phenolic OH excluding ortho intramolecular Hbond substituents is 1. The molecular formula is C6H6N2O5. The molecule has 0 aromatic heterocycles. The molecule has 0 fully saturated rings. The number of anilines is 1. The normalized spacial score (nSPS) is 9.62. The molecule has 7 heteroatoms. The van der Waals surface area contributed by atoms with Gasteiger partial charge in [-0.2, -0.15) is 0 Å². The van der Waals surface area contributed by atoms with Gasteiger partial charge in [0.1, 0.15) is 5.75 Å². The van der Waals surface area contributed by atoms with E-state index in [9.17, 15) is 10.1 Å². The molecule has 0 saturated heterocycles. The number of nitro groups is 1. The zero-order valence-corrected chi connectivity index (χ0v) is 6.30. The van der Waals surface area contributed by atoms with Crippen molar-refractivity contribution in [3.63, 3.8) is 0 Å². The predicted octanol–water partition coefficient (Wildman–Crippen LogP) is 0.734. The monoisotopic (exact) mass is 186 g/mol. The molecule has 0 radical (unpaired) electrons. The van der Waals surface area contributed by atoms with Gasteiger partial charge in [-0.25, -0.2) is 5.26 Å². The maximum Gasteiger partial charge on any atom is 0.341 e. The SMILES string of the molecule is Nc1c(O)ccc(OO)c1[N+](=O)[O-]. The van der Waals surface area contributed by atoms with Crippen LogP contribution in [0.25, 0.3) is 0 Å². The van der Waals surface area contributed by atoms with Gasteiger partial charge >= 0.3 is 5.69 Å². The molecule has 7 nitrogen and oxygen atoms in total. The minimum atomic E-state index is -0.861. The van der Waals surface area contributed by atoms with Crippen molar-refractivity contribution in [1.29, 1.82) is 0 Å². The molecule has 0 saturated carbocycles. The molecule has 0 aliphatic heterocycles. The molecule has 0 aliphatic carbocycles. The Balaban J connectivity index is 3.41. The van der Waals surface area contributed by atoms with Crippen LogP contribution in [-0.4, -0.2) is 15.3 Å². The third-order valence-corrected chi connectivity index (χ3v) is 1.44. The zero-order valence-electron chi connectivity index (χ0n) is 6.30. The first kappa shape index (κ1) is 9.07. The Kier molecular flexibility index (Phi) is 2.20. The highest BCUT2D eigenvalue weighted by atomic mass is 17.1. The summed E-state index contributed by atoms with van der Waals surface area (Å²) in [6, 6.07) is 2.11. The number of hydrogen-bond acceptors (Lipinski definition) is 6. The van der Waals surface area contributed by atoms with E-state index in [0.717, 1.165) is 12.1 Å². The van der Waals surface area contributed by atoms with Gasteiger partial charge in [0.25, 0.3) is 0 Å². The fourth-order valence-corrected chi connectivity index (χ4v) is 0.839. The molecule has 1 aromatic rings. The molecule has 0 bridgehead atoms. The maximum absolute atomic E-state index is 10.4. The summed E-state index contributed by atoms with van der Waals surface area (Å²) in [5, 5.41) is 27.6. The lowest BCUT2D eigenvalue weighted by Crippen LogP contribution is -1.99. The summed E-state index contributed by atoms with van der Waals surface area (Å²) in [4.78, 5) is 13.2. The standard InChI is InChI=1S/C6H6N2O5/c7-5-3(9)1-2-4(13-12)6(5)8(10)11/h1-2,9,12H,7H2. The molecule has 0 aliphatic rings. The highest BCUT2D eigenvalue weighted by Gasteiger charge is 2.22. The fraction of sp³-hybridized carbons (Fsp3) is 0. The summed E-state index contributed by atoms with van der Waals surface area (Å²) in [5.41, 5.74) is 4.07. The summed E-state index contributed by atoms with van der Waals surface area (Å²) in [5.74, 6) is -0.854.